The Kier molecular flexibility index (Phi) is 4.51. The maximum Gasteiger partial charge on any atom is 0.0374 e. The molecule has 0 bridgehead atoms. The molecule has 1 N–H and O–H groups in total. The largest absolute Gasteiger partial charge is 0.382 e. The van der Waals surface area contributed by atoms with Crippen LogP contribution in [0.15, 0.2) is 24.3 Å². The van der Waals surface area contributed by atoms with Gasteiger partial charge in [0, 0.05) is 11.7 Å². The molecule has 0 radical (unpaired) electrons. The molecule has 1 unspecified atom stereocenters. The van der Waals surface area contributed by atoms with Crippen LogP contribution in [0.4, 0.5) is 5.69 Å². The van der Waals surface area contributed by atoms with E-state index in [4.69, 9.17) is 0 Å². The van der Waals surface area contributed by atoms with Gasteiger partial charge in [0.2, 0.25) is 0 Å². The lowest BCUT2D eigenvalue weighted by atomic mass is 9.97. The van der Waals surface area contributed by atoms with Gasteiger partial charge in [0.15, 0.2) is 0 Å². The first-order chi connectivity index (χ1) is 6.90. The van der Waals surface area contributed by atoms with Crippen molar-refractivity contribution in [1.29, 1.82) is 0 Å². The van der Waals surface area contributed by atoms with Gasteiger partial charge in [-0.1, -0.05) is 39.0 Å². The zero-order chi connectivity index (χ0) is 10.4. The van der Waals surface area contributed by atoms with Crippen molar-refractivity contribution in [2.45, 2.75) is 46.1 Å². The van der Waals surface area contributed by atoms with Crippen LogP contribution in [-0.4, -0.2) is 6.04 Å². The number of aryl methyl sites for hydroxylation is 1. The van der Waals surface area contributed by atoms with Crippen molar-refractivity contribution in [2.75, 3.05) is 5.32 Å². The predicted octanol–water partition coefficient (Wildman–Crippen LogP) is 3.85. The van der Waals surface area contributed by atoms with Crippen LogP contribution in [0.2, 0.25) is 0 Å². The first kappa shape index (κ1) is 11.1. The third-order valence-electron chi connectivity index (χ3n) is 2.63. The lowest BCUT2D eigenvalue weighted by Gasteiger charge is -2.25. The summed E-state index contributed by atoms with van der Waals surface area (Å²) < 4.78 is 0. The van der Waals surface area contributed by atoms with Gasteiger partial charge in [-0.15, -0.1) is 0 Å². The van der Waals surface area contributed by atoms with Gasteiger partial charge in [0.25, 0.3) is 0 Å². The summed E-state index contributed by atoms with van der Waals surface area (Å²) >= 11 is 0. The van der Waals surface area contributed by atoms with Crippen LogP contribution in [0, 0.1) is 0 Å². The van der Waals surface area contributed by atoms with Crippen LogP contribution in [0.3, 0.4) is 0 Å². The third kappa shape index (κ3) is 2.50. The molecule has 0 saturated carbocycles. The maximum atomic E-state index is 3.55. The van der Waals surface area contributed by atoms with E-state index in [9.17, 15) is 0 Å². The molecule has 78 valence electrons. The molecule has 1 heterocycles. The summed E-state index contributed by atoms with van der Waals surface area (Å²) in [6.45, 7) is 6.24. The van der Waals surface area contributed by atoms with E-state index in [0.717, 1.165) is 0 Å². The van der Waals surface area contributed by atoms with E-state index >= 15 is 0 Å². The quantitative estimate of drug-likeness (QED) is 0.711. The van der Waals surface area contributed by atoms with Crippen molar-refractivity contribution in [3.8, 4) is 0 Å². The van der Waals surface area contributed by atoms with E-state index in [0.29, 0.717) is 6.04 Å². The molecule has 1 aliphatic heterocycles. The summed E-state index contributed by atoms with van der Waals surface area (Å²) in [6.07, 6.45) is 3.75. The summed E-state index contributed by atoms with van der Waals surface area (Å²) in [6, 6.07) is 9.31. The van der Waals surface area contributed by atoms with Crippen LogP contribution in [0.25, 0.3) is 0 Å². The Balaban J connectivity index is 0.000000461. The average Bonchev–Trinajstić information content (AvgIpc) is 2.31. The van der Waals surface area contributed by atoms with Crippen LogP contribution in [0.1, 0.15) is 39.2 Å². The van der Waals surface area contributed by atoms with E-state index in [-0.39, 0.29) is 0 Å². The molecule has 14 heavy (non-hydrogen) atoms. The summed E-state index contributed by atoms with van der Waals surface area (Å²) in [5.41, 5.74) is 2.82. The van der Waals surface area contributed by atoms with E-state index in [2.05, 4.69) is 36.5 Å². The molecule has 1 aliphatic rings. The van der Waals surface area contributed by atoms with Crippen molar-refractivity contribution in [1.82, 2.24) is 0 Å². The number of anilines is 1. The van der Waals surface area contributed by atoms with Crippen molar-refractivity contribution in [2.24, 2.45) is 0 Å². The molecular formula is C13H21N. The number of nitrogens with one attached hydrogen (secondary N) is 1. The van der Waals surface area contributed by atoms with Gasteiger partial charge in [-0.05, 0) is 30.9 Å². The van der Waals surface area contributed by atoms with Crippen molar-refractivity contribution < 1.29 is 0 Å². The van der Waals surface area contributed by atoms with E-state index in [1.165, 1.54) is 30.5 Å². The Hall–Kier alpha value is -0.980. The smallest absolute Gasteiger partial charge is 0.0374 e. The Morgan fingerprint density at radius 1 is 1.29 bits per heavy atom. The Morgan fingerprint density at radius 3 is 2.71 bits per heavy atom. The zero-order valence-corrected chi connectivity index (χ0v) is 9.51. The fourth-order valence-corrected chi connectivity index (χ4v) is 1.81. The lowest BCUT2D eigenvalue weighted by molar-refractivity contribution is 0.614. The molecule has 0 fully saturated rings. The number of hydrogen-bond acceptors (Lipinski definition) is 1. The van der Waals surface area contributed by atoms with Crippen LogP contribution in [0.5, 0.6) is 0 Å². The van der Waals surface area contributed by atoms with Crippen LogP contribution in [-0.2, 0) is 6.42 Å². The molecule has 1 heteroatoms. The highest BCUT2D eigenvalue weighted by Gasteiger charge is 2.14. The molecule has 2 rings (SSSR count). The fraction of sp³-hybridized carbons (Fsp3) is 0.538. The third-order valence-corrected chi connectivity index (χ3v) is 2.63. The highest BCUT2D eigenvalue weighted by molar-refractivity contribution is 5.53. The zero-order valence-electron chi connectivity index (χ0n) is 9.51. The molecule has 1 aromatic rings. The second-order valence-electron chi connectivity index (χ2n) is 3.45. The molecule has 0 aliphatic carbocycles. The lowest BCUT2D eigenvalue weighted by Crippen LogP contribution is -2.24. The molecule has 1 aromatic carbocycles. The average molecular weight is 191 g/mol. The molecule has 0 amide bonds. The van der Waals surface area contributed by atoms with Gasteiger partial charge >= 0.3 is 0 Å². The fourth-order valence-electron chi connectivity index (χ4n) is 1.81. The molecule has 0 aromatic heterocycles. The monoisotopic (exact) mass is 191 g/mol. The van der Waals surface area contributed by atoms with Gasteiger partial charge in [-0.2, -0.15) is 0 Å². The minimum Gasteiger partial charge on any atom is -0.382 e. The molecule has 1 nitrogen and oxygen atoms in total. The van der Waals surface area contributed by atoms with Crippen molar-refractivity contribution in [3.63, 3.8) is 0 Å². The van der Waals surface area contributed by atoms with E-state index < -0.39 is 0 Å². The van der Waals surface area contributed by atoms with Gasteiger partial charge in [0.05, 0.1) is 0 Å². The molecule has 0 saturated heterocycles. The molecule has 1 atom stereocenters. The number of hydrogen-bond donors (Lipinski definition) is 1. The maximum absolute atomic E-state index is 3.55. The first-order valence-corrected chi connectivity index (χ1v) is 5.74. The van der Waals surface area contributed by atoms with Crippen molar-refractivity contribution >= 4 is 5.69 Å². The second-order valence-corrected chi connectivity index (χ2v) is 3.45. The van der Waals surface area contributed by atoms with Crippen molar-refractivity contribution in [3.05, 3.63) is 29.8 Å². The molecule has 0 spiro atoms. The minimum atomic E-state index is 0.694. The summed E-state index contributed by atoms with van der Waals surface area (Å²) in [5.74, 6) is 0. The standard InChI is InChI=1S/C11H15N.C2H6/c1-2-10-8-7-9-5-3-4-6-11(9)12-10;1-2/h3-6,10,12H,2,7-8H2,1H3;1-2H3. The van der Waals surface area contributed by atoms with Gasteiger partial charge in [-0.3, -0.25) is 0 Å². The minimum absolute atomic E-state index is 0.694. The van der Waals surface area contributed by atoms with E-state index in [1.54, 1.807) is 0 Å². The Morgan fingerprint density at radius 2 is 2.00 bits per heavy atom. The van der Waals surface area contributed by atoms with Gasteiger partial charge in [0.1, 0.15) is 0 Å². The Bertz CT molecular complexity index is 268. The summed E-state index contributed by atoms with van der Waals surface area (Å²) in [5, 5.41) is 3.55. The van der Waals surface area contributed by atoms with E-state index in [1.807, 2.05) is 13.8 Å². The second kappa shape index (κ2) is 5.69. The summed E-state index contributed by atoms with van der Waals surface area (Å²) in [4.78, 5) is 0. The SMILES string of the molecule is CC.CCC1CCc2ccccc2N1. The topological polar surface area (TPSA) is 12.0 Å². The number of fused-ring (bicyclic) bond motifs is 1. The first-order valence-electron chi connectivity index (χ1n) is 5.74. The number of rotatable bonds is 1. The number of benzene rings is 1. The highest BCUT2D eigenvalue weighted by atomic mass is 14.9. The molecular weight excluding hydrogens is 170 g/mol. The number of para-hydroxylation sites is 1. The van der Waals surface area contributed by atoms with Crippen LogP contribution < -0.4 is 5.32 Å². The normalized spacial score (nSPS) is 18.6. The predicted molar refractivity (Wildman–Crippen MR) is 63.8 cm³/mol. The highest BCUT2D eigenvalue weighted by Crippen LogP contribution is 2.24. The Labute approximate surface area is 87.5 Å². The van der Waals surface area contributed by atoms with Gasteiger partial charge < -0.3 is 5.32 Å². The summed E-state index contributed by atoms with van der Waals surface area (Å²) in [7, 11) is 0. The van der Waals surface area contributed by atoms with Gasteiger partial charge in [-0.25, -0.2) is 0 Å². The van der Waals surface area contributed by atoms with Crippen LogP contribution >= 0.6 is 0 Å².